The van der Waals surface area contributed by atoms with Crippen molar-refractivity contribution in [1.29, 1.82) is 0 Å². The maximum Gasteiger partial charge on any atom is 0.0297 e. The summed E-state index contributed by atoms with van der Waals surface area (Å²) in [6, 6.07) is 11.0. The topological polar surface area (TPSA) is 30.9 Å². The predicted molar refractivity (Wildman–Crippen MR) is 76.9 cm³/mol. The standard InChI is InChI=1S/C15H18N2S/c1-11(16)12-6-7-17(8-12)9-13-10-18-15-5-3-2-4-14(13)15/h2-8,11,13H,9-10,16H2,1H3. The molecule has 0 aliphatic carbocycles. The molecule has 3 rings (SSSR count). The van der Waals surface area contributed by atoms with Gasteiger partial charge < -0.3 is 10.3 Å². The van der Waals surface area contributed by atoms with E-state index in [0.717, 1.165) is 6.54 Å². The van der Waals surface area contributed by atoms with Gasteiger partial charge in [0.2, 0.25) is 0 Å². The quantitative estimate of drug-likeness (QED) is 0.914. The number of aromatic nitrogens is 1. The molecule has 2 N–H and O–H groups in total. The third-order valence-electron chi connectivity index (χ3n) is 3.53. The minimum absolute atomic E-state index is 0.122. The summed E-state index contributed by atoms with van der Waals surface area (Å²) >= 11 is 1.97. The monoisotopic (exact) mass is 258 g/mol. The molecule has 18 heavy (non-hydrogen) atoms. The average Bonchev–Trinajstić information content (AvgIpc) is 2.98. The first-order valence-corrected chi connectivity index (χ1v) is 7.35. The summed E-state index contributed by atoms with van der Waals surface area (Å²) in [5, 5.41) is 0. The van der Waals surface area contributed by atoms with Crippen LogP contribution in [-0.2, 0) is 6.54 Å². The van der Waals surface area contributed by atoms with Crippen LogP contribution in [0.1, 0.15) is 30.0 Å². The van der Waals surface area contributed by atoms with E-state index in [9.17, 15) is 0 Å². The van der Waals surface area contributed by atoms with Crippen molar-refractivity contribution >= 4 is 11.8 Å². The molecular formula is C15H18N2S. The van der Waals surface area contributed by atoms with Crippen molar-refractivity contribution in [2.75, 3.05) is 5.75 Å². The zero-order valence-corrected chi connectivity index (χ0v) is 11.4. The number of hydrogen-bond donors (Lipinski definition) is 1. The number of hydrogen-bond acceptors (Lipinski definition) is 2. The van der Waals surface area contributed by atoms with Crippen LogP contribution in [0, 0.1) is 0 Å². The lowest BCUT2D eigenvalue weighted by molar-refractivity contribution is 0.605. The molecular weight excluding hydrogens is 240 g/mol. The van der Waals surface area contributed by atoms with E-state index in [-0.39, 0.29) is 6.04 Å². The van der Waals surface area contributed by atoms with Crippen molar-refractivity contribution in [3.63, 3.8) is 0 Å². The lowest BCUT2D eigenvalue weighted by Gasteiger charge is -2.11. The molecule has 0 bridgehead atoms. The highest BCUT2D eigenvalue weighted by molar-refractivity contribution is 7.99. The summed E-state index contributed by atoms with van der Waals surface area (Å²) in [4.78, 5) is 1.45. The number of thioether (sulfide) groups is 1. The second kappa shape index (κ2) is 4.82. The minimum Gasteiger partial charge on any atom is -0.353 e. The zero-order chi connectivity index (χ0) is 12.5. The second-order valence-electron chi connectivity index (χ2n) is 4.98. The Bertz CT molecular complexity index is 545. The van der Waals surface area contributed by atoms with Crippen LogP contribution in [0.15, 0.2) is 47.6 Å². The van der Waals surface area contributed by atoms with Crippen molar-refractivity contribution in [2.45, 2.75) is 30.3 Å². The van der Waals surface area contributed by atoms with E-state index in [1.54, 1.807) is 0 Å². The summed E-state index contributed by atoms with van der Waals surface area (Å²) in [5.41, 5.74) is 8.61. The van der Waals surface area contributed by atoms with Gasteiger partial charge in [0.15, 0.2) is 0 Å². The molecule has 2 heterocycles. The SMILES string of the molecule is CC(N)c1ccn(CC2CSc3ccccc32)c1. The molecule has 0 radical (unpaired) electrons. The van der Waals surface area contributed by atoms with Crippen molar-refractivity contribution in [3.8, 4) is 0 Å². The van der Waals surface area contributed by atoms with Crippen molar-refractivity contribution in [2.24, 2.45) is 5.73 Å². The predicted octanol–water partition coefficient (Wildman–Crippen LogP) is 3.40. The molecule has 0 saturated carbocycles. The Morgan fingerprint density at radius 2 is 2.22 bits per heavy atom. The summed E-state index contributed by atoms with van der Waals surface area (Å²) in [7, 11) is 0. The zero-order valence-electron chi connectivity index (χ0n) is 10.5. The Labute approximate surface area is 112 Å². The third kappa shape index (κ3) is 2.20. The highest BCUT2D eigenvalue weighted by Crippen LogP contribution is 2.40. The highest BCUT2D eigenvalue weighted by Gasteiger charge is 2.22. The number of nitrogens with zero attached hydrogens (tertiary/aromatic N) is 1. The summed E-state index contributed by atoms with van der Waals surface area (Å²) in [6.45, 7) is 3.08. The van der Waals surface area contributed by atoms with Gasteiger partial charge in [-0.1, -0.05) is 18.2 Å². The van der Waals surface area contributed by atoms with Gasteiger partial charge in [-0.2, -0.15) is 0 Å². The fourth-order valence-electron chi connectivity index (χ4n) is 2.48. The van der Waals surface area contributed by atoms with Gasteiger partial charge >= 0.3 is 0 Å². The number of benzene rings is 1. The molecule has 1 aliphatic rings. The molecule has 2 aromatic rings. The molecule has 0 spiro atoms. The Kier molecular flexibility index (Phi) is 3.18. The highest BCUT2D eigenvalue weighted by atomic mass is 32.2. The number of rotatable bonds is 3. The summed E-state index contributed by atoms with van der Waals surface area (Å²) in [6.07, 6.45) is 4.32. The van der Waals surface area contributed by atoms with E-state index in [4.69, 9.17) is 5.73 Å². The molecule has 0 amide bonds. The van der Waals surface area contributed by atoms with Crippen molar-refractivity contribution < 1.29 is 0 Å². The van der Waals surface area contributed by atoms with E-state index in [1.165, 1.54) is 21.8 Å². The molecule has 2 nitrogen and oxygen atoms in total. The van der Waals surface area contributed by atoms with E-state index in [0.29, 0.717) is 5.92 Å². The summed E-state index contributed by atoms with van der Waals surface area (Å²) < 4.78 is 2.27. The Morgan fingerprint density at radius 3 is 3.00 bits per heavy atom. The van der Waals surface area contributed by atoms with Gasteiger partial charge in [-0.15, -0.1) is 11.8 Å². The largest absolute Gasteiger partial charge is 0.353 e. The first-order valence-electron chi connectivity index (χ1n) is 6.37. The molecule has 1 aromatic carbocycles. The van der Waals surface area contributed by atoms with Crippen molar-refractivity contribution in [3.05, 3.63) is 53.9 Å². The Hall–Kier alpha value is -1.19. The van der Waals surface area contributed by atoms with Gasteiger partial charge in [0, 0.05) is 41.5 Å². The molecule has 0 fully saturated rings. The number of fused-ring (bicyclic) bond motifs is 1. The first-order chi connectivity index (χ1) is 8.74. The smallest absolute Gasteiger partial charge is 0.0297 e. The van der Waals surface area contributed by atoms with Crippen LogP contribution in [0.4, 0.5) is 0 Å². The van der Waals surface area contributed by atoms with Crippen LogP contribution in [-0.4, -0.2) is 10.3 Å². The van der Waals surface area contributed by atoms with Gasteiger partial charge in [0.25, 0.3) is 0 Å². The van der Waals surface area contributed by atoms with Gasteiger partial charge in [0.05, 0.1) is 0 Å². The fourth-order valence-corrected chi connectivity index (χ4v) is 3.72. The van der Waals surface area contributed by atoms with Crippen LogP contribution in [0.25, 0.3) is 0 Å². The maximum atomic E-state index is 5.89. The van der Waals surface area contributed by atoms with Crippen LogP contribution < -0.4 is 5.73 Å². The van der Waals surface area contributed by atoms with Crippen LogP contribution in [0.5, 0.6) is 0 Å². The minimum atomic E-state index is 0.122. The van der Waals surface area contributed by atoms with Gasteiger partial charge in [-0.05, 0) is 30.2 Å². The van der Waals surface area contributed by atoms with Crippen LogP contribution in [0.3, 0.4) is 0 Å². The van der Waals surface area contributed by atoms with Crippen LogP contribution >= 0.6 is 11.8 Å². The normalized spacial score (nSPS) is 19.8. The average molecular weight is 258 g/mol. The van der Waals surface area contributed by atoms with Gasteiger partial charge in [-0.3, -0.25) is 0 Å². The van der Waals surface area contributed by atoms with E-state index in [2.05, 4.69) is 47.3 Å². The lowest BCUT2D eigenvalue weighted by atomic mass is 10.0. The molecule has 0 saturated heterocycles. The molecule has 3 heteroatoms. The van der Waals surface area contributed by atoms with E-state index < -0.39 is 0 Å². The third-order valence-corrected chi connectivity index (χ3v) is 4.78. The van der Waals surface area contributed by atoms with Gasteiger partial charge in [-0.25, -0.2) is 0 Å². The van der Waals surface area contributed by atoms with Crippen LogP contribution in [0.2, 0.25) is 0 Å². The molecule has 94 valence electrons. The molecule has 1 aliphatic heterocycles. The molecule has 2 atom stereocenters. The van der Waals surface area contributed by atoms with E-state index >= 15 is 0 Å². The Morgan fingerprint density at radius 1 is 1.39 bits per heavy atom. The number of nitrogens with two attached hydrogens (primary N) is 1. The fraction of sp³-hybridized carbons (Fsp3) is 0.333. The molecule has 2 unspecified atom stereocenters. The molecule has 1 aromatic heterocycles. The lowest BCUT2D eigenvalue weighted by Crippen LogP contribution is -2.08. The van der Waals surface area contributed by atoms with E-state index in [1.807, 2.05) is 18.7 Å². The Balaban J connectivity index is 1.78. The van der Waals surface area contributed by atoms with Gasteiger partial charge in [0.1, 0.15) is 0 Å². The summed E-state index contributed by atoms with van der Waals surface area (Å²) in [5.74, 6) is 1.81. The first kappa shape index (κ1) is 11.9. The van der Waals surface area contributed by atoms with Crippen molar-refractivity contribution in [1.82, 2.24) is 4.57 Å². The second-order valence-corrected chi connectivity index (χ2v) is 6.04. The maximum absolute atomic E-state index is 5.89.